The van der Waals surface area contributed by atoms with E-state index < -0.39 is 16.5 Å². The van der Waals surface area contributed by atoms with E-state index >= 15 is 0 Å². The summed E-state index contributed by atoms with van der Waals surface area (Å²) < 4.78 is 38.5. The summed E-state index contributed by atoms with van der Waals surface area (Å²) in [6, 6.07) is 14.1. The summed E-state index contributed by atoms with van der Waals surface area (Å²) in [7, 11) is -3.24. The van der Waals surface area contributed by atoms with Crippen molar-refractivity contribution in [3.63, 3.8) is 0 Å². The van der Waals surface area contributed by atoms with E-state index in [2.05, 4.69) is 38.6 Å². The van der Waals surface area contributed by atoms with Crippen LogP contribution in [0.15, 0.2) is 55.0 Å². The lowest BCUT2D eigenvalue weighted by Gasteiger charge is -2.44. The molecule has 2 atom stereocenters. The highest BCUT2D eigenvalue weighted by atomic mass is 127. The molecule has 2 aromatic carbocycles. The number of H-pyrrole nitrogens is 1. The van der Waals surface area contributed by atoms with Gasteiger partial charge in [-0.05, 0) is 76.9 Å². The molecule has 11 heteroatoms. The fourth-order valence-corrected chi connectivity index (χ4v) is 6.09. The van der Waals surface area contributed by atoms with Gasteiger partial charge in [-0.2, -0.15) is 5.26 Å². The molecular formula is C26H27FIN5O3S. The van der Waals surface area contributed by atoms with Crippen LogP contribution in [-0.2, 0) is 27.7 Å². The number of carbonyl (C=O) groups excluding carboxylic acids is 1. The van der Waals surface area contributed by atoms with E-state index in [1.54, 1.807) is 41.7 Å². The summed E-state index contributed by atoms with van der Waals surface area (Å²) in [5.74, 6) is -0.170. The third-order valence-electron chi connectivity index (χ3n) is 6.50. The Bertz CT molecular complexity index is 1390. The molecule has 4 rings (SSSR count). The van der Waals surface area contributed by atoms with Crippen molar-refractivity contribution >= 4 is 44.0 Å². The molecule has 1 aliphatic rings. The van der Waals surface area contributed by atoms with E-state index in [0.29, 0.717) is 29.7 Å². The Morgan fingerprint density at radius 3 is 2.62 bits per heavy atom. The highest BCUT2D eigenvalue weighted by molar-refractivity contribution is 14.1. The number of carbonyl (C=O) groups is 1. The zero-order valence-electron chi connectivity index (χ0n) is 20.3. The van der Waals surface area contributed by atoms with Gasteiger partial charge in [-0.25, -0.2) is 17.8 Å². The number of hydrogen-bond donors (Lipinski definition) is 1. The molecule has 0 saturated carbocycles. The summed E-state index contributed by atoms with van der Waals surface area (Å²) in [4.78, 5) is 24.5. The van der Waals surface area contributed by atoms with Crippen LogP contribution in [0.5, 0.6) is 0 Å². The van der Waals surface area contributed by atoms with Crippen LogP contribution < -0.4 is 4.90 Å². The second kappa shape index (κ2) is 11.7. The zero-order chi connectivity index (χ0) is 26.6. The summed E-state index contributed by atoms with van der Waals surface area (Å²) >= 11 is 2.10. The number of sulfone groups is 1. The maximum Gasteiger partial charge on any atom is 0.241 e. The fourth-order valence-electron chi connectivity index (χ4n) is 4.67. The first-order chi connectivity index (χ1) is 17.7. The molecule has 37 heavy (non-hydrogen) atoms. The number of hydrogen-bond acceptors (Lipinski definition) is 6. The van der Waals surface area contributed by atoms with Crippen molar-refractivity contribution in [2.75, 3.05) is 30.0 Å². The number of anilines is 1. The smallest absolute Gasteiger partial charge is 0.241 e. The minimum Gasteiger partial charge on any atom is -0.347 e. The first kappa shape index (κ1) is 27.2. The maximum atomic E-state index is 13.5. The van der Waals surface area contributed by atoms with E-state index in [0.717, 1.165) is 14.8 Å². The normalized spacial score (nSPS) is 17.5. The number of amides is 1. The fraction of sp³-hybridized carbons (Fsp3) is 0.346. The van der Waals surface area contributed by atoms with Crippen LogP contribution in [-0.4, -0.2) is 60.3 Å². The molecule has 194 valence electrons. The van der Waals surface area contributed by atoms with E-state index in [4.69, 9.17) is 5.26 Å². The van der Waals surface area contributed by atoms with Crippen LogP contribution in [0.2, 0.25) is 0 Å². The first-order valence-corrected chi connectivity index (χ1v) is 14.9. The number of aromatic amines is 1. The summed E-state index contributed by atoms with van der Waals surface area (Å²) in [5, 5.41) is 9.14. The maximum absolute atomic E-state index is 13.5. The van der Waals surface area contributed by atoms with Crippen molar-refractivity contribution in [3.05, 3.63) is 80.9 Å². The van der Waals surface area contributed by atoms with Crippen molar-refractivity contribution in [2.45, 2.75) is 31.6 Å². The Kier molecular flexibility index (Phi) is 8.61. The van der Waals surface area contributed by atoms with Crippen molar-refractivity contribution in [1.82, 2.24) is 14.9 Å². The quantitative estimate of drug-likeness (QED) is 0.359. The molecule has 0 bridgehead atoms. The molecule has 1 amide bonds. The predicted molar refractivity (Wildman–Crippen MR) is 147 cm³/mol. The van der Waals surface area contributed by atoms with Crippen molar-refractivity contribution in [2.24, 2.45) is 0 Å². The van der Waals surface area contributed by atoms with Gasteiger partial charge >= 0.3 is 0 Å². The van der Waals surface area contributed by atoms with E-state index in [-0.39, 0.29) is 36.8 Å². The minimum atomic E-state index is -3.24. The molecule has 0 aliphatic carbocycles. The second-order valence-corrected chi connectivity index (χ2v) is 12.7. The van der Waals surface area contributed by atoms with Crippen molar-refractivity contribution in [3.8, 4) is 6.07 Å². The lowest BCUT2D eigenvalue weighted by Crippen LogP contribution is -2.58. The zero-order valence-corrected chi connectivity index (χ0v) is 23.2. The van der Waals surface area contributed by atoms with E-state index in [1.165, 1.54) is 6.26 Å². The Morgan fingerprint density at radius 1 is 1.24 bits per heavy atom. The van der Waals surface area contributed by atoms with Crippen molar-refractivity contribution in [1.29, 1.82) is 5.26 Å². The monoisotopic (exact) mass is 635 g/mol. The predicted octanol–water partition coefficient (Wildman–Crippen LogP) is 3.79. The summed E-state index contributed by atoms with van der Waals surface area (Å²) in [5.41, 5.74) is 3.44. The van der Waals surface area contributed by atoms with Gasteiger partial charge in [-0.15, -0.1) is 0 Å². The molecule has 1 fully saturated rings. The summed E-state index contributed by atoms with van der Waals surface area (Å²) in [6.45, 7) is -0.301. The number of imidazole rings is 1. The Hall–Kier alpha value is -2.82. The Labute approximate surface area is 229 Å². The molecule has 1 aliphatic heterocycles. The number of nitrogens with one attached hydrogen (secondary N) is 1. The van der Waals surface area contributed by atoms with Gasteiger partial charge in [0.25, 0.3) is 0 Å². The summed E-state index contributed by atoms with van der Waals surface area (Å²) in [6.07, 6.45) is 5.37. The van der Waals surface area contributed by atoms with Gasteiger partial charge in [-0.1, -0.05) is 12.1 Å². The number of alkyl halides is 1. The van der Waals surface area contributed by atoms with E-state index in [1.807, 2.05) is 23.1 Å². The Balaban J connectivity index is 1.69. The highest BCUT2D eigenvalue weighted by Gasteiger charge is 2.38. The van der Waals surface area contributed by atoms with Gasteiger partial charge < -0.3 is 9.88 Å². The van der Waals surface area contributed by atoms with Crippen LogP contribution in [0.25, 0.3) is 0 Å². The molecule has 0 radical (unpaired) electrons. The lowest BCUT2D eigenvalue weighted by atomic mass is 9.97. The van der Waals surface area contributed by atoms with Gasteiger partial charge in [0.2, 0.25) is 5.91 Å². The third kappa shape index (κ3) is 6.94. The van der Waals surface area contributed by atoms with Gasteiger partial charge in [0.05, 0.1) is 42.0 Å². The highest BCUT2D eigenvalue weighted by Crippen LogP contribution is 2.32. The molecule has 1 unspecified atom stereocenters. The average Bonchev–Trinajstić information content (AvgIpc) is 3.40. The van der Waals surface area contributed by atoms with Crippen LogP contribution in [0, 0.1) is 14.9 Å². The second-order valence-electron chi connectivity index (χ2n) is 9.24. The molecular weight excluding hydrogens is 608 g/mol. The molecule has 2 heterocycles. The lowest BCUT2D eigenvalue weighted by molar-refractivity contribution is -0.123. The van der Waals surface area contributed by atoms with Gasteiger partial charge in [0, 0.05) is 34.3 Å². The number of rotatable bonds is 9. The van der Waals surface area contributed by atoms with Gasteiger partial charge in [0.1, 0.15) is 16.5 Å². The minimum absolute atomic E-state index is 0.0230. The number of nitrogens with zero attached hydrogens (tertiary/aromatic N) is 4. The van der Waals surface area contributed by atoms with Gasteiger partial charge in [-0.3, -0.25) is 9.69 Å². The number of halogens is 2. The van der Waals surface area contributed by atoms with Crippen LogP contribution in [0.1, 0.15) is 34.8 Å². The van der Waals surface area contributed by atoms with Gasteiger partial charge in [0.15, 0.2) is 0 Å². The molecule has 8 nitrogen and oxygen atoms in total. The number of nitriles is 1. The standard InChI is InChI=1S/C26H27FIN5O3S/c1-37(35,36)7-6-22-15-33(23-9-20(12-27)8-21(28)11-23)26(34)16-32(22)25(24-14-30-17-31-24)10-18-2-4-19(13-29)5-3-18/h2-5,8-9,11,14,17,22,25H,6-7,10,12,15-16H2,1H3,(H,30,31)/t22-,25?/m0/s1. The van der Waals surface area contributed by atoms with Crippen LogP contribution in [0.3, 0.4) is 0 Å². The number of piperazine rings is 1. The first-order valence-electron chi connectivity index (χ1n) is 11.7. The van der Waals surface area contributed by atoms with E-state index in [9.17, 15) is 17.6 Å². The largest absolute Gasteiger partial charge is 0.347 e. The van der Waals surface area contributed by atoms with Crippen LogP contribution >= 0.6 is 22.6 Å². The Morgan fingerprint density at radius 2 is 2.00 bits per heavy atom. The topological polar surface area (TPSA) is 110 Å². The SMILES string of the molecule is CS(=O)(=O)CC[C@H]1CN(c2cc(I)cc(CF)c2)C(=O)CN1C(Cc1ccc(C#N)cc1)c1cnc[nH]1. The molecule has 3 aromatic rings. The number of aromatic nitrogens is 2. The molecule has 1 saturated heterocycles. The average molecular weight is 636 g/mol. The van der Waals surface area contributed by atoms with Crippen LogP contribution in [0.4, 0.5) is 10.1 Å². The van der Waals surface area contributed by atoms with Crippen molar-refractivity contribution < 1.29 is 17.6 Å². The molecule has 1 N–H and O–H groups in total. The molecule has 1 aromatic heterocycles. The molecule has 0 spiro atoms. The number of benzene rings is 2. The third-order valence-corrected chi connectivity index (χ3v) is 8.10.